The molecule has 0 heterocycles. The van der Waals surface area contributed by atoms with Crippen LogP contribution in [-0.4, -0.2) is 16.6 Å². The smallest absolute Gasteiger partial charge is 0.323 e. The molecular formula is C15H23NO2. The van der Waals surface area contributed by atoms with E-state index in [0.29, 0.717) is 6.42 Å². The molecule has 100 valence electrons. The molecule has 0 amide bonds. The molecule has 0 radical (unpaired) electrons. The number of rotatable bonds is 5. The first-order valence-electron chi connectivity index (χ1n) is 6.37. The highest BCUT2D eigenvalue weighted by Gasteiger charge is 2.31. The zero-order valence-electron chi connectivity index (χ0n) is 11.7. The van der Waals surface area contributed by atoms with Gasteiger partial charge in [0.15, 0.2) is 0 Å². The summed E-state index contributed by atoms with van der Waals surface area (Å²) in [4.78, 5) is 11.1. The molecule has 1 rings (SSSR count). The van der Waals surface area contributed by atoms with Crippen LogP contribution in [0, 0.1) is 13.8 Å². The molecule has 3 N–H and O–H groups in total. The van der Waals surface area contributed by atoms with Crippen molar-refractivity contribution in [2.45, 2.75) is 52.0 Å². The molecule has 3 nitrogen and oxygen atoms in total. The van der Waals surface area contributed by atoms with Gasteiger partial charge in [-0.2, -0.15) is 0 Å². The maximum atomic E-state index is 11.1. The summed E-state index contributed by atoms with van der Waals surface area (Å²) in [6, 6.07) is 6.30. The second kappa shape index (κ2) is 5.53. The fraction of sp³-hybridized carbons (Fsp3) is 0.533. The average molecular weight is 249 g/mol. The Balaban J connectivity index is 3.03. The number of nitrogens with two attached hydrogens (primary N) is 1. The number of benzene rings is 1. The largest absolute Gasteiger partial charge is 0.480 e. The number of aryl methyl sites for hydroxylation is 2. The van der Waals surface area contributed by atoms with Gasteiger partial charge in [0, 0.05) is 0 Å². The van der Waals surface area contributed by atoms with Crippen molar-refractivity contribution in [1.82, 2.24) is 0 Å². The Morgan fingerprint density at radius 1 is 1.44 bits per heavy atom. The summed E-state index contributed by atoms with van der Waals surface area (Å²) in [5.41, 5.74) is 8.31. The van der Waals surface area contributed by atoms with E-state index in [1.807, 2.05) is 0 Å². The van der Waals surface area contributed by atoms with Crippen LogP contribution in [0.5, 0.6) is 0 Å². The quantitative estimate of drug-likeness (QED) is 0.843. The molecule has 2 atom stereocenters. The summed E-state index contributed by atoms with van der Waals surface area (Å²) >= 11 is 0. The Morgan fingerprint density at radius 2 is 2.06 bits per heavy atom. The molecule has 0 aliphatic heterocycles. The highest BCUT2D eigenvalue weighted by molar-refractivity contribution is 5.78. The molecular weight excluding hydrogens is 226 g/mol. The lowest BCUT2D eigenvalue weighted by Crippen LogP contribution is -2.46. The van der Waals surface area contributed by atoms with Gasteiger partial charge in [-0.3, -0.25) is 4.79 Å². The van der Waals surface area contributed by atoms with E-state index in [0.717, 1.165) is 6.42 Å². The molecule has 0 aliphatic carbocycles. The Hall–Kier alpha value is -1.35. The normalized spacial score (nSPS) is 16.1. The number of carboxylic acids is 1. The summed E-state index contributed by atoms with van der Waals surface area (Å²) in [6.07, 6.45) is 1.35. The van der Waals surface area contributed by atoms with Crippen LogP contribution >= 0.6 is 0 Å². The average Bonchev–Trinajstić information content (AvgIpc) is 2.29. The minimum atomic E-state index is -1.17. The lowest BCUT2D eigenvalue weighted by atomic mass is 9.82. The van der Waals surface area contributed by atoms with E-state index in [4.69, 9.17) is 10.8 Å². The second-order valence-corrected chi connectivity index (χ2v) is 5.39. The van der Waals surface area contributed by atoms with E-state index in [1.165, 1.54) is 16.7 Å². The third kappa shape index (κ3) is 3.33. The van der Waals surface area contributed by atoms with Gasteiger partial charge < -0.3 is 10.8 Å². The highest BCUT2D eigenvalue weighted by Crippen LogP contribution is 2.31. The summed E-state index contributed by atoms with van der Waals surface area (Å²) in [5, 5.41) is 9.13. The Labute approximate surface area is 109 Å². The lowest BCUT2D eigenvalue weighted by molar-refractivity contribution is -0.143. The van der Waals surface area contributed by atoms with Gasteiger partial charge in [-0.1, -0.05) is 30.7 Å². The van der Waals surface area contributed by atoms with Crippen LogP contribution in [-0.2, 0) is 4.79 Å². The number of hydrogen-bond donors (Lipinski definition) is 2. The topological polar surface area (TPSA) is 63.3 Å². The third-order valence-corrected chi connectivity index (χ3v) is 3.53. The summed E-state index contributed by atoms with van der Waals surface area (Å²) < 4.78 is 0. The van der Waals surface area contributed by atoms with Crippen LogP contribution in [0.2, 0.25) is 0 Å². The number of aliphatic carboxylic acids is 1. The summed E-state index contributed by atoms with van der Waals surface area (Å²) in [6.45, 7) is 7.77. The predicted molar refractivity (Wildman–Crippen MR) is 73.8 cm³/mol. The molecule has 0 spiro atoms. The zero-order valence-corrected chi connectivity index (χ0v) is 11.7. The molecule has 18 heavy (non-hydrogen) atoms. The maximum Gasteiger partial charge on any atom is 0.323 e. The van der Waals surface area contributed by atoms with Crippen molar-refractivity contribution in [3.05, 3.63) is 34.9 Å². The zero-order chi connectivity index (χ0) is 13.9. The minimum absolute atomic E-state index is 0.191. The van der Waals surface area contributed by atoms with E-state index in [-0.39, 0.29) is 5.92 Å². The van der Waals surface area contributed by atoms with E-state index < -0.39 is 11.5 Å². The minimum Gasteiger partial charge on any atom is -0.480 e. The van der Waals surface area contributed by atoms with Gasteiger partial charge in [-0.15, -0.1) is 0 Å². The van der Waals surface area contributed by atoms with Gasteiger partial charge in [0.2, 0.25) is 0 Å². The van der Waals surface area contributed by atoms with Crippen LogP contribution in [0.15, 0.2) is 18.2 Å². The molecule has 1 aromatic rings. The van der Waals surface area contributed by atoms with Crippen molar-refractivity contribution in [2.75, 3.05) is 0 Å². The van der Waals surface area contributed by atoms with Crippen LogP contribution in [0.4, 0.5) is 0 Å². The van der Waals surface area contributed by atoms with E-state index in [9.17, 15) is 4.79 Å². The van der Waals surface area contributed by atoms with Crippen LogP contribution < -0.4 is 5.73 Å². The van der Waals surface area contributed by atoms with Gasteiger partial charge in [-0.05, 0) is 50.7 Å². The number of carboxylic acid groups (broad SMARTS) is 1. The van der Waals surface area contributed by atoms with Gasteiger partial charge >= 0.3 is 5.97 Å². The van der Waals surface area contributed by atoms with Crippen molar-refractivity contribution in [3.63, 3.8) is 0 Å². The van der Waals surface area contributed by atoms with Crippen molar-refractivity contribution in [1.29, 1.82) is 0 Å². The van der Waals surface area contributed by atoms with Gasteiger partial charge in [0.05, 0.1) is 0 Å². The lowest BCUT2D eigenvalue weighted by Gasteiger charge is -2.26. The van der Waals surface area contributed by atoms with Crippen molar-refractivity contribution < 1.29 is 9.90 Å². The Bertz CT molecular complexity index is 438. The van der Waals surface area contributed by atoms with Crippen LogP contribution in [0.3, 0.4) is 0 Å². The molecule has 0 bridgehead atoms. The van der Waals surface area contributed by atoms with E-state index in [1.54, 1.807) is 6.92 Å². The Kier molecular flexibility index (Phi) is 4.52. The van der Waals surface area contributed by atoms with Crippen molar-refractivity contribution in [3.8, 4) is 0 Å². The third-order valence-electron chi connectivity index (χ3n) is 3.53. The molecule has 0 aliphatic rings. The standard InChI is InChI=1S/C15H23NO2/c1-5-12(9-15(4,16)14(17)18)13-8-10(2)6-7-11(13)3/h6-8,12H,5,9,16H2,1-4H3,(H,17,18). The fourth-order valence-electron chi connectivity index (χ4n) is 2.27. The second-order valence-electron chi connectivity index (χ2n) is 5.39. The highest BCUT2D eigenvalue weighted by atomic mass is 16.4. The van der Waals surface area contributed by atoms with Crippen LogP contribution in [0.1, 0.15) is 49.3 Å². The van der Waals surface area contributed by atoms with Crippen molar-refractivity contribution in [2.24, 2.45) is 5.73 Å². The number of hydrogen-bond acceptors (Lipinski definition) is 2. The van der Waals surface area contributed by atoms with Crippen LogP contribution in [0.25, 0.3) is 0 Å². The summed E-state index contributed by atoms with van der Waals surface area (Å²) in [5.74, 6) is -0.748. The first kappa shape index (κ1) is 14.7. The SMILES string of the molecule is CCC(CC(C)(N)C(=O)O)c1cc(C)ccc1C. The number of carbonyl (C=O) groups is 1. The molecule has 2 unspecified atom stereocenters. The molecule has 1 aromatic carbocycles. The summed E-state index contributed by atoms with van der Waals surface area (Å²) in [7, 11) is 0. The molecule has 3 heteroatoms. The van der Waals surface area contributed by atoms with E-state index >= 15 is 0 Å². The molecule has 0 aromatic heterocycles. The van der Waals surface area contributed by atoms with Gasteiger partial charge in [0.1, 0.15) is 5.54 Å². The predicted octanol–water partition coefficient (Wildman–Crippen LogP) is 2.99. The molecule has 0 fully saturated rings. The van der Waals surface area contributed by atoms with E-state index in [2.05, 4.69) is 39.0 Å². The van der Waals surface area contributed by atoms with Gasteiger partial charge in [-0.25, -0.2) is 0 Å². The molecule has 0 saturated heterocycles. The van der Waals surface area contributed by atoms with Gasteiger partial charge in [0.25, 0.3) is 0 Å². The maximum absolute atomic E-state index is 11.1. The Morgan fingerprint density at radius 3 is 2.56 bits per heavy atom. The fourth-order valence-corrected chi connectivity index (χ4v) is 2.27. The molecule has 0 saturated carbocycles. The monoisotopic (exact) mass is 249 g/mol. The first-order valence-corrected chi connectivity index (χ1v) is 6.37. The van der Waals surface area contributed by atoms with Crippen molar-refractivity contribution >= 4 is 5.97 Å². The first-order chi connectivity index (χ1) is 8.27.